The van der Waals surface area contributed by atoms with E-state index in [4.69, 9.17) is 4.84 Å². The molecule has 0 radical (unpaired) electrons. The number of hydroxylamine groups is 1. The zero-order valence-electron chi connectivity index (χ0n) is 15.0. The van der Waals surface area contributed by atoms with Crippen molar-refractivity contribution in [1.29, 1.82) is 0 Å². The molecule has 0 saturated carbocycles. The van der Waals surface area contributed by atoms with Crippen LogP contribution in [0.2, 0.25) is 0 Å². The van der Waals surface area contributed by atoms with Gasteiger partial charge in [0.1, 0.15) is 0 Å². The minimum atomic E-state index is -0.240. The van der Waals surface area contributed by atoms with E-state index in [0.717, 1.165) is 25.7 Å². The number of carbonyl (C=O) groups is 2. The van der Waals surface area contributed by atoms with Gasteiger partial charge in [-0.25, -0.2) is 5.48 Å². The summed E-state index contributed by atoms with van der Waals surface area (Å²) in [5, 5.41) is 2.60. The van der Waals surface area contributed by atoms with E-state index in [2.05, 4.69) is 43.2 Å². The van der Waals surface area contributed by atoms with E-state index in [0.29, 0.717) is 19.4 Å². The van der Waals surface area contributed by atoms with Crippen LogP contribution in [-0.4, -0.2) is 30.2 Å². The smallest absolute Gasteiger partial charge is 0.243 e. The Morgan fingerprint density at radius 3 is 2.13 bits per heavy atom. The van der Waals surface area contributed by atoms with Gasteiger partial charge in [0.05, 0.1) is 6.61 Å². The molecule has 0 bridgehead atoms. The molecule has 136 valence electrons. The van der Waals surface area contributed by atoms with Gasteiger partial charge in [0.2, 0.25) is 11.8 Å². The Kier molecular flexibility index (Phi) is 11.0. The molecule has 7 heteroatoms. The predicted molar refractivity (Wildman–Crippen MR) is 100 cm³/mol. The van der Waals surface area contributed by atoms with Gasteiger partial charge in [-0.2, -0.15) is 0 Å². The number of carbonyl (C=O) groups excluding carboxylic acids is 2. The van der Waals surface area contributed by atoms with Crippen LogP contribution in [0.25, 0.3) is 0 Å². The van der Waals surface area contributed by atoms with E-state index in [1.807, 2.05) is 6.92 Å². The van der Waals surface area contributed by atoms with Crippen molar-refractivity contribution in [2.24, 2.45) is 5.41 Å². The summed E-state index contributed by atoms with van der Waals surface area (Å²) >= 11 is 4.28. The maximum absolute atomic E-state index is 11.7. The lowest BCUT2D eigenvalue weighted by molar-refractivity contribution is -0.134. The molecule has 0 aromatic carbocycles. The maximum atomic E-state index is 11.7. The van der Waals surface area contributed by atoms with Gasteiger partial charge in [-0.15, -0.1) is 11.7 Å². The Balaban J connectivity index is 3.96. The number of hydrogen-bond donors (Lipinski definition) is 3. The van der Waals surface area contributed by atoms with E-state index < -0.39 is 0 Å². The van der Waals surface area contributed by atoms with Gasteiger partial charge >= 0.3 is 0 Å². The maximum Gasteiger partial charge on any atom is 0.243 e. The van der Waals surface area contributed by atoms with Crippen molar-refractivity contribution < 1.29 is 14.4 Å². The SMILES string of the molecule is CNC(=O)CCCC(C)(CONC(=O)CCCC(C)(C)C)SS. The molecule has 0 fully saturated rings. The summed E-state index contributed by atoms with van der Waals surface area (Å²) in [5.41, 5.74) is 2.75. The Hall–Kier alpha value is -0.400. The number of thiol groups is 1. The van der Waals surface area contributed by atoms with Crippen molar-refractivity contribution in [2.75, 3.05) is 13.7 Å². The first kappa shape index (κ1) is 22.6. The van der Waals surface area contributed by atoms with Crippen LogP contribution in [0.5, 0.6) is 0 Å². The fourth-order valence-corrected chi connectivity index (χ4v) is 2.77. The number of nitrogens with one attached hydrogen (secondary N) is 2. The Bertz CT molecular complexity index is 373. The summed E-state index contributed by atoms with van der Waals surface area (Å²) in [6.45, 7) is 8.86. The van der Waals surface area contributed by atoms with Crippen LogP contribution in [0, 0.1) is 5.41 Å². The van der Waals surface area contributed by atoms with Crippen molar-refractivity contribution in [2.45, 2.75) is 71.0 Å². The second-order valence-electron chi connectivity index (χ2n) is 7.30. The van der Waals surface area contributed by atoms with Crippen LogP contribution < -0.4 is 10.8 Å². The van der Waals surface area contributed by atoms with Crippen molar-refractivity contribution in [3.05, 3.63) is 0 Å². The molecule has 0 saturated heterocycles. The predicted octanol–water partition coefficient (Wildman–Crippen LogP) is 3.50. The highest BCUT2D eigenvalue weighted by Gasteiger charge is 2.25. The molecule has 5 nitrogen and oxygen atoms in total. The molecule has 0 heterocycles. The molecule has 2 N–H and O–H groups in total. The van der Waals surface area contributed by atoms with E-state index in [1.54, 1.807) is 7.05 Å². The molecule has 0 aromatic rings. The fraction of sp³-hybridized carbons (Fsp3) is 0.875. The average Bonchev–Trinajstić information content (AvgIpc) is 2.45. The van der Waals surface area contributed by atoms with Gasteiger partial charge in [0.25, 0.3) is 0 Å². The highest BCUT2D eigenvalue weighted by Crippen LogP contribution is 2.33. The van der Waals surface area contributed by atoms with Crippen LogP contribution >= 0.6 is 22.5 Å². The molecule has 2 amide bonds. The molecule has 0 rings (SSSR count). The first-order valence-corrected chi connectivity index (χ1v) is 9.92. The zero-order valence-corrected chi connectivity index (χ0v) is 16.7. The van der Waals surface area contributed by atoms with Crippen molar-refractivity contribution in [3.63, 3.8) is 0 Å². The highest BCUT2D eigenvalue weighted by atomic mass is 33.1. The first-order valence-electron chi connectivity index (χ1n) is 8.06. The van der Waals surface area contributed by atoms with Gasteiger partial charge in [-0.1, -0.05) is 31.6 Å². The van der Waals surface area contributed by atoms with Gasteiger partial charge in [-0.05, 0) is 38.0 Å². The van der Waals surface area contributed by atoms with E-state index in [9.17, 15) is 9.59 Å². The van der Waals surface area contributed by atoms with Crippen LogP contribution in [0.3, 0.4) is 0 Å². The summed E-state index contributed by atoms with van der Waals surface area (Å²) in [4.78, 5) is 28.3. The lowest BCUT2D eigenvalue weighted by atomic mass is 9.90. The minimum absolute atomic E-state index is 0.0320. The summed E-state index contributed by atoms with van der Waals surface area (Å²) in [6.07, 6.45) is 4.35. The van der Waals surface area contributed by atoms with Crippen molar-refractivity contribution >= 4 is 34.3 Å². The van der Waals surface area contributed by atoms with Crippen molar-refractivity contribution in [3.8, 4) is 0 Å². The summed E-state index contributed by atoms with van der Waals surface area (Å²) in [5.74, 6) is -0.0595. The average molecular weight is 365 g/mol. The van der Waals surface area contributed by atoms with Gasteiger partial charge < -0.3 is 5.32 Å². The minimum Gasteiger partial charge on any atom is -0.359 e. The van der Waals surface area contributed by atoms with Crippen molar-refractivity contribution in [1.82, 2.24) is 10.8 Å². The molecular formula is C16H32N2O3S2. The molecule has 0 aliphatic heterocycles. The standard InChI is InChI=1S/C16H32N2O3S2/c1-15(2,3)10-6-9-14(20)18-21-12-16(4,23-22)11-7-8-13(19)17-5/h22H,6-12H2,1-5H3,(H,17,19)(H,18,20). The lowest BCUT2D eigenvalue weighted by Gasteiger charge is -2.26. The third-order valence-electron chi connectivity index (χ3n) is 3.50. The molecule has 0 spiro atoms. The van der Waals surface area contributed by atoms with Crippen LogP contribution in [0.4, 0.5) is 0 Å². The van der Waals surface area contributed by atoms with E-state index in [1.165, 1.54) is 10.8 Å². The van der Waals surface area contributed by atoms with Gasteiger partial charge in [-0.3, -0.25) is 14.4 Å². The van der Waals surface area contributed by atoms with E-state index >= 15 is 0 Å². The van der Waals surface area contributed by atoms with Crippen LogP contribution in [-0.2, 0) is 14.4 Å². The zero-order chi connectivity index (χ0) is 17.9. The second-order valence-corrected chi connectivity index (χ2v) is 9.01. The molecule has 0 aliphatic rings. The molecule has 1 atom stereocenters. The Labute approximate surface area is 149 Å². The number of amides is 2. The highest BCUT2D eigenvalue weighted by molar-refractivity contribution is 8.69. The number of hydrogen-bond acceptors (Lipinski definition) is 5. The summed E-state index contributed by atoms with van der Waals surface area (Å²) in [7, 11) is 3.02. The third-order valence-corrected chi connectivity index (χ3v) is 5.59. The largest absolute Gasteiger partial charge is 0.359 e. The Morgan fingerprint density at radius 2 is 1.61 bits per heavy atom. The van der Waals surface area contributed by atoms with Gasteiger partial charge in [0.15, 0.2) is 0 Å². The van der Waals surface area contributed by atoms with E-state index in [-0.39, 0.29) is 22.0 Å². The lowest BCUT2D eigenvalue weighted by Crippen LogP contribution is -2.33. The molecular weight excluding hydrogens is 332 g/mol. The van der Waals surface area contributed by atoms with Crippen LogP contribution in [0.1, 0.15) is 66.2 Å². The summed E-state index contributed by atoms with van der Waals surface area (Å²) in [6, 6.07) is 0. The fourth-order valence-electron chi connectivity index (χ4n) is 1.99. The van der Waals surface area contributed by atoms with Crippen LogP contribution in [0.15, 0.2) is 0 Å². The molecule has 23 heavy (non-hydrogen) atoms. The first-order chi connectivity index (χ1) is 10.6. The second kappa shape index (κ2) is 11.2. The number of rotatable bonds is 11. The monoisotopic (exact) mass is 364 g/mol. The molecule has 1 unspecified atom stereocenters. The molecule has 0 aromatic heterocycles. The quantitative estimate of drug-likeness (QED) is 0.298. The topological polar surface area (TPSA) is 67.4 Å². The summed E-state index contributed by atoms with van der Waals surface area (Å²) < 4.78 is -0.240. The van der Waals surface area contributed by atoms with Gasteiger partial charge in [0, 0.05) is 24.6 Å². The normalized spacial score (nSPS) is 14.2. The molecule has 0 aliphatic carbocycles. The Morgan fingerprint density at radius 1 is 1.04 bits per heavy atom. The third kappa shape index (κ3) is 12.7.